The van der Waals surface area contributed by atoms with Gasteiger partial charge in [-0.1, -0.05) is 6.92 Å². The molecular formula is C17H20O3. The van der Waals surface area contributed by atoms with Gasteiger partial charge >= 0.3 is 5.63 Å². The highest BCUT2D eigenvalue weighted by Crippen LogP contribution is 2.41. The Kier molecular flexibility index (Phi) is 2.89. The highest BCUT2D eigenvalue weighted by molar-refractivity contribution is 5.89. The molecule has 3 rings (SSSR count). The highest BCUT2D eigenvalue weighted by Gasteiger charge is 2.30. The van der Waals surface area contributed by atoms with Crippen LogP contribution in [0.1, 0.15) is 43.9 Å². The maximum Gasteiger partial charge on any atom is 0.336 e. The van der Waals surface area contributed by atoms with Gasteiger partial charge in [0.15, 0.2) is 0 Å². The molecule has 0 unspecified atom stereocenters. The fourth-order valence-electron chi connectivity index (χ4n) is 2.99. The molecule has 0 N–H and O–H groups in total. The lowest BCUT2D eigenvalue weighted by atomic mass is 9.89. The second-order valence-corrected chi connectivity index (χ2v) is 6.18. The number of hydrogen-bond acceptors (Lipinski definition) is 3. The van der Waals surface area contributed by atoms with Gasteiger partial charge in [0, 0.05) is 6.07 Å². The number of aryl methyl sites for hydroxylation is 2. The van der Waals surface area contributed by atoms with Crippen molar-refractivity contribution in [1.82, 2.24) is 0 Å². The Morgan fingerprint density at radius 2 is 2.05 bits per heavy atom. The van der Waals surface area contributed by atoms with Crippen LogP contribution in [0.15, 0.2) is 21.3 Å². The Morgan fingerprint density at radius 3 is 2.75 bits per heavy atom. The Morgan fingerprint density at radius 1 is 1.30 bits per heavy atom. The van der Waals surface area contributed by atoms with Crippen molar-refractivity contribution in [1.29, 1.82) is 0 Å². The van der Waals surface area contributed by atoms with Gasteiger partial charge in [0.25, 0.3) is 0 Å². The Hall–Kier alpha value is -1.77. The summed E-state index contributed by atoms with van der Waals surface area (Å²) in [4.78, 5) is 11.7. The Bertz CT molecular complexity index is 738. The molecule has 0 saturated heterocycles. The minimum absolute atomic E-state index is 0.172. The summed E-state index contributed by atoms with van der Waals surface area (Å²) in [6.07, 6.45) is 2.80. The van der Waals surface area contributed by atoms with Crippen molar-refractivity contribution >= 4 is 11.0 Å². The Labute approximate surface area is 118 Å². The molecule has 2 aromatic rings. The van der Waals surface area contributed by atoms with E-state index in [1.807, 2.05) is 6.07 Å². The average Bonchev–Trinajstić information content (AvgIpc) is 2.35. The van der Waals surface area contributed by atoms with Crippen LogP contribution >= 0.6 is 0 Å². The molecule has 1 aromatic heterocycles. The van der Waals surface area contributed by atoms with Crippen LogP contribution in [0.4, 0.5) is 0 Å². The molecule has 0 saturated carbocycles. The van der Waals surface area contributed by atoms with Crippen molar-refractivity contribution in [2.75, 3.05) is 0 Å². The van der Waals surface area contributed by atoms with Crippen molar-refractivity contribution in [2.45, 2.75) is 52.6 Å². The molecule has 0 atom stereocenters. The van der Waals surface area contributed by atoms with Crippen LogP contribution in [0.3, 0.4) is 0 Å². The third kappa shape index (κ3) is 2.01. The van der Waals surface area contributed by atoms with Crippen LogP contribution in [0, 0.1) is 6.92 Å². The number of hydrogen-bond donors (Lipinski definition) is 0. The standard InChI is InChI=1S/C17H20O3/c1-5-11-9-14(18)19-13-8-10(2)12-6-7-17(3,4)20-16(12)15(11)13/h8-9H,5-7H2,1-4H3. The largest absolute Gasteiger partial charge is 0.487 e. The van der Waals surface area contributed by atoms with E-state index in [2.05, 4.69) is 27.7 Å². The van der Waals surface area contributed by atoms with E-state index in [0.29, 0.717) is 5.58 Å². The van der Waals surface area contributed by atoms with Crippen LogP contribution in [0.5, 0.6) is 5.75 Å². The van der Waals surface area contributed by atoms with E-state index in [4.69, 9.17) is 9.15 Å². The molecule has 0 fully saturated rings. The molecule has 0 amide bonds. The lowest BCUT2D eigenvalue weighted by molar-refractivity contribution is 0.0865. The minimum Gasteiger partial charge on any atom is -0.487 e. The molecule has 20 heavy (non-hydrogen) atoms. The zero-order valence-corrected chi connectivity index (χ0v) is 12.5. The second kappa shape index (κ2) is 4.37. The number of ether oxygens (including phenoxy) is 1. The quantitative estimate of drug-likeness (QED) is 0.742. The van der Waals surface area contributed by atoms with Gasteiger partial charge in [-0.05, 0) is 62.8 Å². The van der Waals surface area contributed by atoms with Crippen LogP contribution in [-0.2, 0) is 12.8 Å². The molecule has 1 aromatic carbocycles. The molecule has 0 aliphatic carbocycles. The molecule has 106 valence electrons. The third-order valence-electron chi connectivity index (χ3n) is 4.13. The van der Waals surface area contributed by atoms with Gasteiger partial charge in [-0.2, -0.15) is 0 Å². The zero-order chi connectivity index (χ0) is 14.5. The van der Waals surface area contributed by atoms with E-state index < -0.39 is 0 Å². The smallest absolute Gasteiger partial charge is 0.336 e. The molecule has 3 nitrogen and oxygen atoms in total. The van der Waals surface area contributed by atoms with Crippen LogP contribution in [0.25, 0.3) is 11.0 Å². The summed E-state index contributed by atoms with van der Waals surface area (Å²) in [5, 5.41) is 0.973. The van der Waals surface area contributed by atoms with Crippen molar-refractivity contribution in [2.24, 2.45) is 0 Å². The maximum absolute atomic E-state index is 11.7. The van der Waals surface area contributed by atoms with Gasteiger partial charge < -0.3 is 9.15 Å². The van der Waals surface area contributed by atoms with Crippen LogP contribution < -0.4 is 10.4 Å². The molecule has 1 aliphatic rings. The fourth-order valence-corrected chi connectivity index (χ4v) is 2.99. The van der Waals surface area contributed by atoms with E-state index in [1.54, 1.807) is 6.07 Å². The molecule has 3 heteroatoms. The van der Waals surface area contributed by atoms with E-state index in [0.717, 1.165) is 41.5 Å². The van der Waals surface area contributed by atoms with E-state index in [9.17, 15) is 4.79 Å². The lowest BCUT2D eigenvalue weighted by Gasteiger charge is -2.34. The molecule has 2 heterocycles. The molecule has 1 aliphatic heterocycles. The van der Waals surface area contributed by atoms with E-state index in [1.165, 1.54) is 5.56 Å². The summed E-state index contributed by atoms with van der Waals surface area (Å²) in [6.45, 7) is 8.32. The first-order valence-corrected chi connectivity index (χ1v) is 7.19. The predicted molar refractivity (Wildman–Crippen MR) is 79.6 cm³/mol. The van der Waals surface area contributed by atoms with Crippen molar-refractivity contribution in [3.8, 4) is 5.75 Å². The first kappa shape index (κ1) is 13.2. The Balaban J connectivity index is 2.41. The van der Waals surface area contributed by atoms with Crippen molar-refractivity contribution < 1.29 is 9.15 Å². The molecular weight excluding hydrogens is 252 g/mol. The average molecular weight is 272 g/mol. The van der Waals surface area contributed by atoms with E-state index >= 15 is 0 Å². The van der Waals surface area contributed by atoms with Crippen molar-refractivity contribution in [3.05, 3.63) is 39.2 Å². The second-order valence-electron chi connectivity index (χ2n) is 6.18. The fraction of sp³-hybridized carbons (Fsp3) is 0.471. The topological polar surface area (TPSA) is 39.4 Å². The van der Waals surface area contributed by atoms with Gasteiger partial charge in [0.05, 0.1) is 5.39 Å². The molecule has 0 bridgehead atoms. The summed E-state index contributed by atoms with van der Waals surface area (Å²) < 4.78 is 11.6. The first-order chi connectivity index (χ1) is 9.41. The highest BCUT2D eigenvalue weighted by atomic mass is 16.5. The minimum atomic E-state index is -0.288. The summed E-state index contributed by atoms with van der Waals surface area (Å²) in [6, 6.07) is 3.55. The normalized spacial score (nSPS) is 16.8. The van der Waals surface area contributed by atoms with Gasteiger partial charge in [0.1, 0.15) is 16.9 Å². The third-order valence-corrected chi connectivity index (χ3v) is 4.13. The lowest BCUT2D eigenvalue weighted by Crippen LogP contribution is -2.33. The van der Waals surface area contributed by atoms with Crippen LogP contribution in [-0.4, -0.2) is 5.60 Å². The van der Waals surface area contributed by atoms with Crippen LogP contribution in [0.2, 0.25) is 0 Å². The zero-order valence-electron chi connectivity index (χ0n) is 12.5. The van der Waals surface area contributed by atoms with Gasteiger partial charge in [-0.3, -0.25) is 0 Å². The number of rotatable bonds is 1. The monoisotopic (exact) mass is 272 g/mol. The van der Waals surface area contributed by atoms with Crippen molar-refractivity contribution in [3.63, 3.8) is 0 Å². The molecule has 0 spiro atoms. The van der Waals surface area contributed by atoms with Gasteiger partial charge in [-0.25, -0.2) is 4.79 Å². The summed E-state index contributed by atoms with van der Waals surface area (Å²) >= 11 is 0. The number of benzene rings is 1. The summed E-state index contributed by atoms with van der Waals surface area (Å²) in [5.74, 6) is 0.914. The number of fused-ring (bicyclic) bond motifs is 3. The predicted octanol–water partition coefficient (Wildman–Crippen LogP) is 3.77. The van der Waals surface area contributed by atoms with E-state index in [-0.39, 0.29) is 11.2 Å². The summed E-state index contributed by atoms with van der Waals surface area (Å²) in [5.41, 5.74) is 3.58. The van der Waals surface area contributed by atoms with Gasteiger partial charge in [0.2, 0.25) is 0 Å². The SMILES string of the molecule is CCc1cc(=O)oc2cc(C)c3c(c12)OC(C)(C)CC3. The molecule has 0 radical (unpaired) electrons. The van der Waals surface area contributed by atoms with Gasteiger partial charge in [-0.15, -0.1) is 0 Å². The first-order valence-electron chi connectivity index (χ1n) is 7.19. The summed E-state index contributed by atoms with van der Waals surface area (Å²) in [7, 11) is 0. The maximum atomic E-state index is 11.7.